The highest BCUT2D eigenvalue weighted by Gasteiger charge is 2.21. The minimum atomic E-state index is 0.413. The molecule has 0 saturated carbocycles. The van der Waals surface area contributed by atoms with Crippen LogP contribution >= 0.6 is 23.2 Å². The standard InChI is InChI=1S/C13H14Cl2N2O/c14-8-13-16-11-2-1-9(15)7-12(11)17(13)10-3-5-18-6-4-10/h1-2,7,10H,3-6,8H2. The molecule has 0 radical (unpaired) electrons. The SMILES string of the molecule is ClCc1nc2ccc(Cl)cc2n1C1CCOCC1. The maximum Gasteiger partial charge on any atom is 0.125 e. The Labute approximate surface area is 116 Å². The monoisotopic (exact) mass is 284 g/mol. The fraction of sp³-hybridized carbons (Fsp3) is 0.462. The van der Waals surface area contributed by atoms with Gasteiger partial charge in [-0.15, -0.1) is 11.6 Å². The lowest BCUT2D eigenvalue weighted by molar-refractivity contribution is 0.0700. The summed E-state index contributed by atoms with van der Waals surface area (Å²) in [5, 5.41) is 0.733. The second kappa shape index (κ2) is 5.08. The Bertz CT molecular complexity index is 561. The van der Waals surface area contributed by atoms with Crippen molar-refractivity contribution in [3.8, 4) is 0 Å². The van der Waals surface area contributed by atoms with E-state index in [0.717, 1.165) is 47.9 Å². The predicted molar refractivity (Wildman–Crippen MR) is 73.4 cm³/mol. The van der Waals surface area contributed by atoms with Gasteiger partial charge in [-0.25, -0.2) is 4.98 Å². The maximum atomic E-state index is 6.08. The summed E-state index contributed by atoms with van der Waals surface area (Å²) in [5.74, 6) is 1.34. The second-order valence-electron chi connectivity index (χ2n) is 4.51. The molecule has 0 atom stereocenters. The minimum Gasteiger partial charge on any atom is -0.381 e. The third-order valence-corrected chi connectivity index (χ3v) is 3.87. The van der Waals surface area contributed by atoms with E-state index in [-0.39, 0.29) is 0 Å². The van der Waals surface area contributed by atoms with Crippen LogP contribution in [0.5, 0.6) is 0 Å². The summed E-state index contributed by atoms with van der Waals surface area (Å²) in [5.41, 5.74) is 2.03. The molecule has 3 nitrogen and oxygen atoms in total. The van der Waals surface area contributed by atoms with Crippen LogP contribution in [0.25, 0.3) is 11.0 Å². The van der Waals surface area contributed by atoms with Gasteiger partial charge in [0.2, 0.25) is 0 Å². The van der Waals surface area contributed by atoms with E-state index in [4.69, 9.17) is 27.9 Å². The van der Waals surface area contributed by atoms with Crippen molar-refractivity contribution in [2.24, 2.45) is 0 Å². The van der Waals surface area contributed by atoms with Gasteiger partial charge < -0.3 is 9.30 Å². The number of alkyl halides is 1. The molecule has 96 valence electrons. The summed E-state index contributed by atoms with van der Waals surface area (Å²) in [6.45, 7) is 1.60. The number of benzene rings is 1. The minimum absolute atomic E-state index is 0.413. The molecule has 0 unspecified atom stereocenters. The highest BCUT2D eigenvalue weighted by molar-refractivity contribution is 6.31. The van der Waals surface area contributed by atoms with Gasteiger partial charge in [-0.2, -0.15) is 0 Å². The fourth-order valence-electron chi connectivity index (χ4n) is 2.56. The van der Waals surface area contributed by atoms with Crippen molar-refractivity contribution in [3.63, 3.8) is 0 Å². The molecular weight excluding hydrogens is 271 g/mol. The second-order valence-corrected chi connectivity index (χ2v) is 5.21. The number of halogens is 2. The van der Waals surface area contributed by atoms with Gasteiger partial charge in [-0.05, 0) is 31.0 Å². The summed E-state index contributed by atoms with van der Waals surface area (Å²) in [6.07, 6.45) is 2.00. The number of imidazole rings is 1. The average Bonchev–Trinajstić information content (AvgIpc) is 2.77. The summed E-state index contributed by atoms with van der Waals surface area (Å²) in [7, 11) is 0. The molecule has 18 heavy (non-hydrogen) atoms. The number of hydrogen-bond donors (Lipinski definition) is 0. The lowest BCUT2D eigenvalue weighted by atomic mass is 10.1. The number of rotatable bonds is 2. The zero-order valence-corrected chi connectivity index (χ0v) is 11.4. The molecule has 2 heterocycles. The van der Waals surface area contributed by atoms with Gasteiger partial charge in [0.15, 0.2) is 0 Å². The Morgan fingerprint density at radius 1 is 1.33 bits per heavy atom. The Kier molecular flexibility index (Phi) is 3.46. The van der Waals surface area contributed by atoms with E-state index < -0.39 is 0 Å². The highest BCUT2D eigenvalue weighted by atomic mass is 35.5. The Balaban J connectivity index is 2.14. The molecule has 1 aromatic carbocycles. The van der Waals surface area contributed by atoms with Crippen LogP contribution in [0.2, 0.25) is 5.02 Å². The fourth-order valence-corrected chi connectivity index (χ4v) is 2.92. The van der Waals surface area contributed by atoms with Crippen LogP contribution in [0, 0.1) is 0 Å². The molecule has 1 aromatic heterocycles. The van der Waals surface area contributed by atoms with Crippen molar-refractivity contribution in [1.82, 2.24) is 9.55 Å². The molecule has 1 aliphatic heterocycles. The summed E-state index contributed by atoms with van der Waals surface area (Å²) in [6, 6.07) is 6.19. The molecule has 0 N–H and O–H groups in total. The maximum absolute atomic E-state index is 6.08. The van der Waals surface area contributed by atoms with E-state index in [1.54, 1.807) is 0 Å². The third kappa shape index (κ3) is 2.11. The zero-order chi connectivity index (χ0) is 12.5. The number of fused-ring (bicyclic) bond motifs is 1. The first-order chi connectivity index (χ1) is 8.79. The van der Waals surface area contributed by atoms with Crippen molar-refractivity contribution >= 4 is 34.2 Å². The van der Waals surface area contributed by atoms with Crippen molar-refractivity contribution in [2.45, 2.75) is 24.8 Å². The van der Waals surface area contributed by atoms with Crippen LogP contribution in [0.4, 0.5) is 0 Å². The van der Waals surface area contributed by atoms with E-state index in [0.29, 0.717) is 11.9 Å². The van der Waals surface area contributed by atoms with Gasteiger partial charge >= 0.3 is 0 Å². The topological polar surface area (TPSA) is 27.1 Å². The molecule has 1 fully saturated rings. The van der Waals surface area contributed by atoms with Crippen molar-refractivity contribution < 1.29 is 4.74 Å². The predicted octanol–water partition coefficient (Wildman–Crippen LogP) is 3.78. The molecule has 0 bridgehead atoms. The van der Waals surface area contributed by atoms with Crippen LogP contribution in [0.1, 0.15) is 24.7 Å². The molecule has 2 aromatic rings. The van der Waals surface area contributed by atoms with Crippen LogP contribution < -0.4 is 0 Å². The molecular formula is C13H14Cl2N2O. The Morgan fingerprint density at radius 2 is 2.11 bits per heavy atom. The molecule has 1 saturated heterocycles. The summed E-state index contributed by atoms with van der Waals surface area (Å²) >= 11 is 12.1. The zero-order valence-electron chi connectivity index (χ0n) is 9.90. The van der Waals surface area contributed by atoms with Gasteiger partial charge in [-0.1, -0.05) is 11.6 Å². The molecule has 0 aliphatic carbocycles. The first-order valence-corrected chi connectivity index (χ1v) is 7.01. The van der Waals surface area contributed by atoms with Crippen molar-refractivity contribution in [1.29, 1.82) is 0 Å². The van der Waals surface area contributed by atoms with Gasteiger partial charge in [-0.3, -0.25) is 0 Å². The van der Waals surface area contributed by atoms with Gasteiger partial charge in [0.1, 0.15) is 5.82 Å². The number of hydrogen-bond acceptors (Lipinski definition) is 2. The molecule has 0 spiro atoms. The Hall–Kier alpha value is -0.770. The third-order valence-electron chi connectivity index (χ3n) is 3.40. The molecule has 1 aliphatic rings. The molecule has 5 heteroatoms. The first-order valence-electron chi connectivity index (χ1n) is 6.09. The van der Waals surface area contributed by atoms with Gasteiger partial charge in [0, 0.05) is 24.3 Å². The van der Waals surface area contributed by atoms with Crippen LogP contribution in [0.15, 0.2) is 18.2 Å². The van der Waals surface area contributed by atoms with Gasteiger partial charge in [0.05, 0.1) is 16.9 Å². The van der Waals surface area contributed by atoms with E-state index in [1.807, 2.05) is 18.2 Å². The number of nitrogens with zero attached hydrogens (tertiary/aromatic N) is 2. The van der Waals surface area contributed by atoms with Gasteiger partial charge in [0.25, 0.3) is 0 Å². The number of aromatic nitrogens is 2. The van der Waals surface area contributed by atoms with Crippen molar-refractivity contribution in [2.75, 3.05) is 13.2 Å². The summed E-state index contributed by atoms with van der Waals surface area (Å²) in [4.78, 5) is 4.58. The first kappa shape index (κ1) is 12.3. The molecule has 3 rings (SSSR count). The van der Waals surface area contributed by atoms with Crippen LogP contribution in [-0.2, 0) is 10.6 Å². The molecule has 0 amide bonds. The van der Waals surface area contributed by atoms with E-state index in [1.165, 1.54) is 0 Å². The largest absolute Gasteiger partial charge is 0.381 e. The normalized spacial score (nSPS) is 17.4. The quantitative estimate of drug-likeness (QED) is 0.785. The van der Waals surface area contributed by atoms with E-state index >= 15 is 0 Å². The van der Waals surface area contributed by atoms with Crippen LogP contribution in [0.3, 0.4) is 0 Å². The Morgan fingerprint density at radius 3 is 2.83 bits per heavy atom. The average molecular weight is 285 g/mol. The summed E-state index contributed by atoms with van der Waals surface area (Å²) < 4.78 is 7.65. The van der Waals surface area contributed by atoms with E-state index in [2.05, 4.69) is 9.55 Å². The highest BCUT2D eigenvalue weighted by Crippen LogP contribution is 2.30. The number of ether oxygens (including phenoxy) is 1. The van der Waals surface area contributed by atoms with Crippen molar-refractivity contribution in [3.05, 3.63) is 29.0 Å². The lowest BCUT2D eigenvalue weighted by Crippen LogP contribution is -2.20. The lowest BCUT2D eigenvalue weighted by Gasteiger charge is -2.25. The van der Waals surface area contributed by atoms with Crippen LogP contribution in [-0.4, -0.2) is 22.8 Å². The smallest absolute Gasteiger partial charge is 0.125 e. The van der Waals surface area contributed by atoms with E-state index in [9.17, 15) is 0 Å².